The fourth-order valence-electron chi connectivity index (χ4n) is 2.72. The van der Waals surface area contributed by atoms with E-state index < -0.39 is 0 Å². The smallest absolute Gasteiger partial charge is 0.248 e. The molecule has 1 aliphatic rings. The molecule has 6 nitrogen and oxygen atoms in total. The lowest BCUT2D eigenvalue weighted by molar-refractivity contribution is 0.415. The quantitative estimate of drug-likeness (QED) is 0.749. The molecule has 0 radical (unpaired) electrons. The Morgan fingerprint density at radius 3 is 2.75 bits per heavy atom. The number of tetrazole rings is 1. The normalized spacial score (nSPS) is 16.1. The minimum Gasteiger partial charge on any atom is -0.497 e. The summed E-state index contributed by atoms with van der Waals surface area (Å²) in [5, 5.41) is 15.3. The van der Waals surface area contributed by atoms with Gasteiger partial charge in [0, 0.05) is 10.2 Å². The van der Waals surface area contributed by atoms with Crippen LogP contribution in [-0.2, 0) is 0 Å². The molecular weight excluding hydrogens is 370 g/mol. The lowest BCUT2D eigenvalue weighted by Crippen LogP contribution is -2.20. The summed E-state index contributed by atoms with van der Waals surface area (Å²) in [4.78, 5) is 0. The molecule has 2 heterocycles. The highest BCUT2D eigenvalue weighted by atomic mass is 79.9. The van der Waals surface area contributed by atoms with Crippen LogP contribution in [0.2, 0.25) is 0 Å². The Morgan fingerprint density at radius 2 is 2.00 bits per heavy atom. The molecule has 24 heavy (non-hydrogen) atoms. The third kappa shape index (κ3) is 2.67. The van der Waals surface area contributed by atoms with Gasteiger partial charge in [-0.15, -0.1) is 0 Å². The average molecular weight is 384 g/mol. The van der Waals surface area contributed by atoms with E-state index in [1.54, 1.807) is 11.8 Å². The van der Waals surface area contributed by atoms with Crippen molar-refractivity contribution in [2.24, 2.45) is 0 Å². The number of aromatic nitrogens is 4. The number of nitrogens with one attached hydrogen (secondary N) is 1. The number of methoxy groups -OCH3 is 1. The minimum atomic E-state index is -0.0779. The van der Waals surface area contributed by atoms with Gasteiger partial charge in [-0.25, -0.2) is 0 Å². The fraction of sp³-hybridized carbons (Fsp3) is 0.118. The van der Waals surface area contributed by atoms with Crippen LogP contribution in [0, 0.1) is 0 Å². The van der Waals surface area contributed by atoms with E-state index in [2.05, 4.69) is 55.0 Å². The molecule has 7 heteroatoms. The molecule has 1 N–H and O–H groups in total. The Morgan fingerprint density at radius 1 is 1.17 bits per heavy atom. The molecule has 3 aromatic rings. The number of benzene rings is 2. The van der Waals surface area contributed by atoms with Crippen LogP contribution in [0.15, 0.2) is 59.1 Å². The molecule has 0 saturated carbocycles. The van der Waals surface area contributed by atoms with Crippen molar-refractivity contribution in [3.05, 3.63) is 70.2 Å². The molecule has 0 aliphatic carbocycles. The largest absolute Gasteiger partial charge is 0.497 e. The maximum absolute atomic E-state index is 5.22. The Kier molecular flexibility index (Phi) is 3.78. The number of hydrogen-bond acceptors (Lipinski definition) is 5. The first-order valence-electron chi connectivity index (χ1n) is 7.41. The summed E-state index contributed by atoms with van der Waals surface area (Å²) in [5.74, 6) is 1.44. The lowest BCUT2D eigenvalue weighted by atomic mass is 10.0. The van der Waals surface area contributed by atoms with E-state index in [4.69, 9.17) is 4.74 Å². The van der Waals surface area contributed by atoms with Crippen molar-refractivity contribution >= 4 is 27.6 Å². The Bertz CT molecular complexity index is 903. The standard InChI is InChI=1S/C17H14BrN5O/c1-24-14-7-5-11(6-8-14)15-10-16(12-3-2-4-13(18)9-12)23-17(19-15)20-21-22-23/h2-10,16H,1H3,(H,19,20,22)/t16-/m0/s1. The van der Waals surface area contributed by atoms with Gasteiger partial charge < -0.3 is 10.1 Å². The van der Waals surface area contributed by atoms with Crippen molar-refractivity contribution in [1.82, 2.24) is 20.2 Å². The molecule has 0 unspecified atom stereocenters. The van der Waals surface area contributed by atoms with Gasteiger partial charge in [-0.2, -0.15) is 4.68 Å². The number of halogens is 1. The summed E-state index contributed by atoms with van der Waals surface area (Å²) in [6.45, 7) is 0. The molecule has 120 valence electrons. The van der Waals surface area contributed by atoms with Gasteiger partial charge in [0.1, 0.15) is 11.8 Å². The summed E-state index contributed by atoms with van der Waals surface area (Å²) < 4.78 is 8.02. The molecule has 1 aliphatic heterocycles. The summed E-state index contributed by atoms with van der Waals surface area (Å²) in [7, 11) is 1.66. The topological polar surface area (TPSA) is 64.9 Å². The number of ether oxygens (including phenoxy) is 1. The molecule has 0 bridgehead atoms. The van der Waals surface area contributed by atoms with Crippen molar-refractivity contribution in [3.8, 4) is 5.75 Å². The first-order valence-corrected chi connectivity index (χ1v) is 8.20. The van der Waals surface area contributed by atoms with Crippen LogP contribution in [0.5, 0.6) is 5.75 Å². The van der Waals surface area contributed by atoms with Crippen LogP contribution >= 0.6 is 15.9 Å². The molecule has 0 amide bonds. The van der Waals surface area contributed by atoms with Gasteiger partial charge in [0.15, 0.2) is 0 Å². The third-order valence-electron chi connectivity index (χ3n) is 3.92. The van der Waals surface area contributed by atoms with Gasteiger partial charge in [0.2, 0.25) is 5.95 Å². The number of anilines is 1. The number of rotatable bonds is 3. The Hall–Kier alpha value is -2.67. The molecule has 4 rings (SSSR count). The van der Waals surface area contributed by atoms with E-state index >= 15 is 0 Å². The Balaban J connectivity index is 1.78. The van der Waals surface area contributed by atoms with Crippen LogP contribution < -0.4 is 10.1 Å². The second-order valence-electron chi connectivity index (χ2n) is 5.38. The number of hydrogen-bond donors (Lipinski definition) is 1. The van der Waals surface area contributed by atoms with Crippen LogP contribution in [0.1, 0.15) is 17.2 Å². The second-order valence-corrected chi connectivity index (χ2v) is 6.30. The number of nitrogens with zero attached hydrogens (tertiary/aromatic N) is 4. The zero-order valence-electron chi connectivity index (χ0n) is 12.8. The van der Waals surface area contributed by atoms with Gasteiger partial charge in [0.25, 0.3) is 0 Å². The first kappa shape index (κ1) is 14.9. The molecule has 0 saturated heterocycles. The zero-order valence-corrected chi connectivity index (χ0v) is 14.4. The highest BCUT2D eigenvalue weighted by Crippen LogP contribution is 2.32. The zero-order chi connectivity index (χ0) is 16.5. The third-order valence-corrected chi connectivity index (χ3v) is 4.41. The molecule has 0 fully saturated rings. The van der Waals surface area contributed by atoms with E-state index in [-0.39, 0.29) is 6.04 Å². The summed E-state index contributed by atoms with van der Waals surface area (Å²) in [6, 6.07) is 16.0. The molecule has 0 spiro atoms. The maximum atomic E-state index is 5.22. The van der Waals surface area contributed by atoms with Crippen molar-refractivity contribution in [2.75, 3.05) is 12.4 Å². The second kappa shape index (κ2) is 6.09. The van der Waals surface area contributed by atoms with Crippen molar-refractivity contribution < 1.29 is 4.74 Å². The maximum Gasteiger partial charge on any atom is 0.248 e. The van der Waals surface area contributed by atoms with Crippen LogP contribution in [0.4, 0.5) is 5.95 Å². The van der Waals surface area contributed by atoms with Gasteiger partial charge in [-0.3, -0.25) is 0 Å². The van der Waals surface area contributed by atoms with Gasteiger partial charge in [-0.05, 0) is 64.0 Å². The fourth-order valence-corrected chi connectivity index (χ4v) is 3.14. The van der Waals surface area contributed by atoms with Gasteiger partial charge in [0.05, 0.1) is 7.11 Å². The van der Waals surface area contributed by atoms with Crippen LogP contribution in [0.25, 0.3) is 5.70 Å². The van der Waals surface area contributed by atoms with E-state index in [0.717, 1.165) is 27.0 Å². The summed E-state index contributed by atoms with van der Waals surface area (Å²) in [6.07, 6.45) is 2.12. The van der Waals surface area contributed by atoms with Crippen molar-refractivity contribution in [3.63, 3.8) is 0 Å². The van der Waals surface area contributed by atoms with E-state index in [1.165, 1.54) is 0 Å². The van der Waals surface area contributed by atoms with E-state index in [1.807, 2.05) is 36.4 Å². The average Bonchev–Trinajstić information content (AvgIpc) is 3.09. The van der Waals surface area contributed by atoms with Crippen LogP contribution in [0.3, 0.4) is 0 Å². The summed E-state index contributed by atoms with van der Waals surface area (Å²) in [5.41, 5.74) is 3.11. The first-order chi connectivity index (χ1) is 11.7. The molecule has 2 aromatic carbocycles. The van der Waals surface area contributed by atoms with Crippen molar-refractivity contribution in [1.29, 1.82) is 0 Å². The van der Waals surface area contributed by atoms with Gasteiger partial charge in [-0.1, -0.05) is 33.2 Å². The van der Waals surface area contributed by atoms with E-state index in [0.29, 0.717) is 5.95 Å². The van der Waals surface area contributed by atoms with E-state index in [9.17, 15) is 0 Å². The number of fused-ring (bicyclic) bond motifs is 1. The van der Waals surface area contributed by atoms with Crippen LogP contribution in [-0.4, -0.2) is 27.3 Å². The SMILES string of the molecule is COc1ccc(C2=C[C@@H](c3cccc(Br)c3)n3nnnc3N2)cc1. The van der Waals surface area contributed by atoms with Gasteiger partial charge >= 0.3 is 0 Å². The highest BCUT2D eigenvalue weighted by molar-refractivity contribution is 9.10. The summed E-state index contributed by atoms with van der Waals surface area (Å²) >= 11 is 3.52. The predicted octanol–water partition coefficient (Wildman–Crippen LogP) is 3.50. The lowest BCUT2D eigenvalue weighted by Gasteiger charge is -2.23. The minimum absolute atomic E-state index is 0.0779. The Labute approximate surface area is 147 Å². The molecule has 1 atom stereocenters. The molecular formula is C17H14BrN5O. The highest BCUT2D eigenvalue weighted by Gasteiger charge is 2.24. The van der Waals surface area contributed by atoms with Crippen molar-refractivity contribution in [2.45, 2.75) is 6.04 Å². The monoisotopic (exact) mass is 383 g/mol. The predicted molar refractivity (Wildman–Crippen MR) is 94.7 cm³/mol. The molecule has 1 aromatic heterocycles. The number of allylic oxidation sites excluding steroid dienone is 1.